The molecule has 12 aromatic rings. The predicted molar refractivity (Wildman–Crippen MR) is 248 cm³/mol. The molecule has 0 aliphatic carbocycles. The van der Waals surface area contributed by atoms with Gasteiger partial charge in [0.25, 0.3) is 0 Å². The highest BCUT2D eigenvalue weighted by molar-refractivity contribution is 7.26. The van der Waals surface area contributed by atoms with Gasteiger partial charge in [0.05, 0.1) is 22.1 Å². The van der Waals surface area contributed by atoms with Crippen molar-refractivity contribution in [3.05, 3.63) is 212 Å². The fourth-order valence-corrected chi connectivity index (χ4v) is 10.4. The molecule has 0 fully saturated rings. The smallest absolute Gasteiger partial charge is 0.0641 e. The van der Waals surface area contributed by atoms with Crippen LogP contribution in [0, 0.1) is 0 Å². The van der Waals surface area contributed by atoms with Crippen molar-refractivity contribution < 1.29 is 0 Å². The van der Waals surface area contributed by atoms with Crippen molar-refractivity contribution in [3.63, 3.8) is 0 Å². The van der Waals surface area contributed by atoms with Gasteiger partial charge in [0.15, 0.2) is 0 Å². The van der Waals surface area contributed by atoms with Gasteiger partial charge in [-0.2, -0.15) is 0 Å². The first-order valence-electron chi connectivity index (χ1n) is 19.8. The van der Waals surface area contributed by atoms with E-state index in [-0.39, 0.29) is 0 Å². The van der Waals surface area contributed by atoms with Gasteiger partial charge in [0.2, 0.25) is 0 Å². The molecule has 0 amide bonds. The lowest BCUT2D eigenvalue weighted by atomic mass is 10.0. The third kappa shape index (κ3) is 4.99. The summed E-state index contributed by atoms with van der Waals surface area (Å²) in [6.45, 7) is 0. The summed E-state index contributed by atoms with van der Waals surface area (Å²) in [7, 11) is 0. The van der Waals surface area contributed by atoms with E-state index in [1.807, 2.05) is 11.3 Å². The molecule has 0 spiro atoms. The van der Waals surface area contributed by atoms with E-state index in [9.17, 15) is 0 Å². The van der Waals surface area contributed by atoms with E-state index in [1.165, 1.54) is 74.9 Å². The largest absolute Gasteiger partial charge is 0.310 e. The van der Waals surface area contributed by atoms with Crippen LogP contribution >= 0.6 is 11.3 Å². The minimum Gasteiger partial charge on any atom is -0.310 e. The van der Waals surface area contributed by atoms with Gasteiger partial charge in [-0.15, -0.1) is 11.3 Å². The Hall–Kier alpha value is -7.40. The summed E-state index contributed by atoms with van der Waals surface area (Å²) in [4.78, 5) is 2.36. The number of benzene rings is 9. The average molecular weight is 758 g/mol. The molecule has 0 atom stereocenters. The van der Waals surface area contributed by atoms with Crippen LogP contribution in [0.15, 0.2) is 212 Å². The number of nitrogens with zero attached hydrogens (tertiary/aromatic N) is 3. The number of aromatic nitrogens is 2. The molecule has 9 aromatic carbocycles. The van der Waals surface area contributed by atoms with Gasteiger partial charge in [-0.3, -0.25) is 0 Å². The fourth-order valence-electron chi connectivity index (χ4n) is 9.18. The molecule has 0 aliphatic heterocycles. The Bertz CT molecular complexity index is 3450. The van der Waals surface area contributed by atoms with E-state index >= 15 is 0 Å². The second-order valence-electron chi connectivity index (χ2n) is 14.9. The van der Waals surface area contributed by atoms with E-state index in [0.717, 1.165) is 28.4 Å². The number of hydrogen-bond acceptors (Lipinski definition) is 2. The van der Waals surface area contributed by atoms with Crippen molar-refractivity contribution in [3.8, 4) is 22.5 Å². The van der Waals surface area contributed by atoms with E-state index < -0.39 is 0 Å². The summed E-state index contributed by atoms with van der Waals surface area (Å²) in [5.74, 6) is 0. The van der Waals surface area contributed by atoms with Crippen LogP contribution in [-0.2, 0) is 0 Å². The minimum atomic E-state index is 1.11. The maximum absolute atomic E-state index is 2.49. The molecular weight excluding hydrogens is 723 g/mol. The van der Waals surface area contributed by atoms with E-state index in [4.69, 9.17) is 0 Å². The Labute approximate surface area is 339 Å². The molecule has 4 heteroatoms. The van der Waals surface area contributed by atoms with Crippen molar-refractivity contribution in [1.82, 2.24) is 9.13 Å². The van der Waals surface area contributed by atoms with Crippen LogP contribution in [0.4, 0.5) is 17.1 Å². The van der Waals surface area contributed by atoms with Gasteiger partial charge in [0, 0.05) is 70.2 Å². The Kier molecular flexibility index (Phi) is 7.40. The molecule has 58 heavy (non-hydrogen) atoms. The van der Waals surface area contributed by atoms with Crippen molar-refractivity contribution in [2.24, 2.45) is 0 Å². The third-order valence-corrected chi connectivity index (χ3v) is 12.9. The average Bonchev–Trinajstić information content (AvgIpc) is 3.95. The highest BCUT2D eigenvalue weighted by Gasteiger charge is 2.23. The van der Waals surface area contributed by atoms with E-state index in [1.54, 1.807) is 0 Å². The highest BCUT2D eigenvalue weighted by atomic mass is 32.1. The summed E-state index contributed by atoms with van der Waals surface area (Å²) in [6.07, 6.45) is 0. The van der Waals surface area contributed by atoms with Crippen LogP contribution in [0.5, 0.6) is 0 Å². The topological polar surface area (TPSA) is 13.1 Å². The SMILES string of the molecule is c1ccc(N(c2ccccc2)c2ccc3c(c2)c2c(ccc4c5ccccc5n(-c5ccc(-c6cccc7c6sc6ccccc67)cc5)c42)n3-c2ccccc2)cc1. The van der Waals surface area contributed by atoms with Crippen LogP contribution in [0.25, 0.3) is 86.3 Å². The fraction of sp³-hybridized carbons (Fsp3) is 0. The molecule has 272 valence electrons. The first-order chi connectivity index (χ1) is 28.8. The molecule has 0 bridgehead atoms. The number of fused-ring (bicyclic) bond motifs is 10. The first kappa shape index (κ1) is 32.8. The predicted octanol–water partition coefficient (Wildman–Crippen LogP) is 15.4. The zero-order chi connectivity index (χ0) is 38.2. The third-order valence-electron chi connectivity index (χ3n) is 11.7. The maximum Gasteiger partial charge on any atom is 0.0641 e. The van der Waals surface area contributed by atoms with Crippen molar-refractivity contribution >= 4 is 92.2 Å². The molecule has 3 aromatic heterocycles. The lowest BCUT2D eigenvalue weighted by Crippen LogP contribution is -2.09. The number of thiophene rings is 1. The Morgan fingerprint density at radius 2 is 0.966 bits per heavy atom. The van der Waals surface area contributed by atoms with Crippen molar-refractivity contribution in [2.45, 2.75) is 0 Å². The molecule has 3 nitrogen and oxygen atoms in total. The standard InChI is InChI=1S/C54H35N3S/c1-4-15-37(16-5-1)55(38-17-6-2-7-18-38)41-31-33-49-47(35-41)52-50(56(49)39-19-8-3-9-20-39)34-32-45-43-21-10-12-25-48(43)57(53(45)52)40-29-27-36(28-30-40)42-23-14-24-46-44-22-11-13-26-51(44)58-54(42)46/h1-35H. The summed E-state index contributed by atoms with van der Waals surface area (Å²) in [5.41, 5.74) is 12.9. The number of anilines is 3. The van der Waals surface area contributed by atoms with Crippen LogP contribution in [0.1, 0.15) is 0 Å². The quantitative estimate of drug-likeness (QED) is 0.165. The molecule has 0 aliphatic rings. The second kappa shape index (κ2) is 13.1. The van der Waals surface area contributed by atoms with Gasteiger partial charge >= 0.3 is 0 Å². The first-order valence-corrected chi connectivity index (χ1v) is 20.6. The number of rotatable bonds is 6. The molecule has 0 saturated heterocycles. The van der Waals surface area contributed by atoms with Gasteiger partial charge in [-0.05, 0) is 96.1 Å². The highest BCUT2D eigenvalue weighted by Crippen LogP contribution is 2.45. The molecule has 0 saturated carbocycles. The maximum atomic E-state index is 2.49. The molecule has 0 radical (unpaired) electrons. The van der Waals surface area contributed by atoms with Crippen LogP contribution in [-0.4, -0.2) is 9.13 Å². The molecular formula is C54H35N3S. The van der Waals surface area contributed by atoms with E-state index in [0.29, 0.717) is 0 Å². The van der Waals surface area contributed by atoms with Crippen LogP contribution in [0.3, 0.4) is 0 Å². The van der Waals surface area contributed by atoms with Gasteiger partial charge in [-0.25, -0.2) is 0 Å². The summed E-state index contributed by atoms with van der Waals surface area (Å²) >= 11 is 1.88. The summed E-state index contributed by atoms with van der Waals surface area (Å²) in [6, 6.07) is 77.3. The van der Waals surface area contributed by atoms with Crippen LogP contribution in [0.2, 0.25) is 0 Å². The summed E-state index contributed by atoms with van der Waals surface area (Å²) < 4.78 is 7.58. The number of hydrogen-bond donors (Lipinski definition) is 0. The van der Waals surface area contributed by atoms with Gasteiger partial charge in [0.1, 0.15) is 0 Å². The summed E-state index contributed by atoms with van der Waals surface area (Å²) in [5, 5.41) is 7.56. The molecule has 0 N–H and O–H groups in total. The Balaban J connectivity index is 1.14. The lowest BCUT2D eigenvalue weighted by Gasteiger charge is -2.25. The Morgan fingerprint density at radius 1 is 0.362 bits per heavy atom. The zero-order valence-corrected chi connectivity index (χ0v) is 32.3. The van der Waals surface area contributed by atoms with Crippen molar-refractivity contribution in [2.75, 3.05) is 4.90 Å². The van der Waals surface area contributed by atoms with Gasteiger partial charge in [-0.1, -0.05) is 127 Å². The van der Waals surface area contributed by atoms with Crippen molar-refractivity contribution in [1.29, 1.82) is 0 Å². The van der Waals surface area contributed by atoms with E-state index in [2.05, 4.69) is 226 Å². The van der Waals surface area contributed by atoms with Crippen LogP contribution < -0.4 is 4.90 Å². The lowest BCUT2D eigenvalue weighted by molar-refractivity contribution is 1.17. The molecule has 12 rings (SSSR count). The normalized spacial score (nSPS) is 11.8. The number of para-hydroxylation sites is 4. The zero-order valence-electron chi connectivity index (χ0n) is 31.5. The second-order valence-corrected chi connectivity index (χ2v) is 16.0. The molecule has 0 unspecified atom stereocenters. The Morgan fingerprint density at radius 3 is 1.72 bits per heavy atom. The minimum absolute atomic E-state index is 1.11. The van der Waals surface area contributed by atoms with Gasteiger partial charge < -0.3 is 14.0 Å². The molecule has 3 heterocycles. The monoisotopic (exact) mass is 757 g/mol.